The van der Waals surface area contributed by atoms with Crippen LogP contribution in [0.5, 0.6) is 0 Å². The molecule has 0 bridgehead atoms. The second-order valence-corrected chi connectivity index (χ2v) is 13.3. The van der Waals surface area contributed by atoms with Gasteiger partial charge in [-0.05, 0) is 75.5 Å². The molecule has 3 aromatic heterocycles. The zero-order valence-electron chi connectivity index (χ0n) is 25.7. The Morgan fingerprint density at radius 3 is 2.10 bits per heavy atom. The molecule has 4 heteroatoms. The lowest BCUT2D eigenvalue weighted by Gasteiger charge is -2.12. The average Bonchev–Trinajstić information content (AvgIpc) is 3.73. The highest BCUT2D eigenvalue weighted by Crippen LogP contribution is 2.44. The molecule has 0 atom stereocenters. The maximum Gasteiger partial charge on any atom is 0.180 e. The lowest BCUT2D eigenvalue weighted by molar-refractivity contribution is 0.667. The summed E-state index contributed by atoms with van der Waals surface area (Å²) in [7, 11) is 0. The highest BCUT2D eigenvalue weighted by Gasteiger charge is 2.21. The Hall–Kier alpha value is -6.10. The van der Waals surface area contributed by atoms with Gasteiger partial charge in [0.1, 0.15) is 16.8 Å². The third-order valence-corrected chi connectivity index (χ3v) is 10.4. The van der Waals surface area contributed by atoms with E-state index in [1.807, 2.05) is 35.6 Å². The van der Waals surface area contributed by atoms with E-state index in [4.69, 9.17) is 14.4 Å². The molecule has 48 heavy (non-hydrogen) atoms. The van der Waals surface area contributed by atoms with Gasteiger partial charge in [-0.1, -0.05) is 115 Å². The van der Waals surface area contributed by atoms with Crippen LogP contribution in [0.3, 0.4) is 0 Å². The van der Waals surface area contributed by atoms with Gasteiger partial charge < -0.3 is 4.42 Å². The lowest BCUT2D eigenvalue weighted by Crippen LogP contribution is -1.95. The monoisotopic (exact) mass is 630 g/mol. The van der Waals surface area contributed by atoms with E-state index in [0.29, 0.717) is 11.4 Å². The fraction of sp³-hybridized carbons (Fsp3) is 0. The Labute approximate surface area is 280 Å². The molecule has 0 aliphatic heterocycles. The first-order chi connectivity index (χ1) is 23.8. The highest BCUT2D eigenvalue weighted by molar-refractivity contribution is 7.26. The number of thiophene rings is 1. The van der Waals surface area contributed by atoms with Gasteiger partial charge >= 0.3 is 0 Å². The topological polar surface area (TPSA) is 38.9 Å². The summed E-state index contributed by atoms with van der Waals surface area (Å²) in [4.78, 5) is 10.7. The molecule has 0 unspecified atom stereocenters. The molecule has 0 aliphatic rings. The SMILES string of the molecule is c1ccc(-c2cccc(-c3nc(-c4cc(-c5ccc6ccccc6c5)cc5sc6ccccc6c45)nc4c3oc3ccccc34)c2)cc1. The number of fused-ring (bicyclic) bond motifs is 7. The van der Waals surface area contributed by atoms with E-state index in [0.717, 1.165) is 50.0 Å². The minimum atomic E-state index is 0.686. The van der Waals surface area contributed by atoms with Crippen LogP contribution in [-0.2, 0) is 0 Å². The van der Waals surface area contributed by atoms with Crippen LogP contribution in [-0.4, -0.2) is 9.97 Å². The van der Waals surface area contributed by atoms with Crippen LogP contribution in [0.4, 0.5) is 0 Å². The number of aromatic nitrogens is 2. The first kappa shape index (κ1) is 27.1. The van der Waals surface area contributed by atoms with E-state index in [1.54, 1.807) is 0 Å². The maximum absolute atomic E-state index is 6.53. The van der Waals surface area contributed by atoms with Crippen molar-refractivity contribution in [1.29, 1.82) is 0 Å². The Bertz CT molecular complexity index is 2850. The van der Waals surface area contributed by atoms with Crippen molar-refractivity contribution >= 4 is 64.4 Å². The largest absolute Gasteiger partial charge is 0.452 e. The van der Waals surface area contributed by atoms with E-state index in [2.05, 4.69) is 133 Å². The molecule has 0 saturated heterocycles. The zero-order chi connectivity index (χ0) is 31.6. The lowest BCUT2D eigenvalue weighted by atomic mass is 9.96. The van der Waals surface area contributed by atoms with Crippen LogP contribution < -0.4 is 0 Å². The fourth-order valence-corrected chi connectivity index (χ4v) is 8.12. The van der Waals surface area contributed by atoms with Gasteiger partial charge in [0.15, 0.2) is 11.4 Å². The van der Waals surface area contributed by atoms with Crippen molar-refractivity contribution < 1.29 is 4.42 Å². The number of hydrogen-bond acceptors (Lipinski definition) is 4. The van der Waals surface area contributed by atoms with E-state index in [9.17, 15) is 0 Å². The fourth-order valence-electron chi connectivity index (χ4n) is 6.95. The van der Waals surface area contributed by atoms with Gasteiger partial charge in [0.25, 0.3) is 0 Å². The maximum atomic E-state index is 6.53. The molecule has 3 nitrogen and oxygen atoms in total. The van der Waals surface area contributed by atoms with Crippen molar-refractivity contribution in [3.05, 3.63) is 158 Å². The van der Waals surface area contributed by atoms with E-state index in [-0.39, 0.29) is 0 Å². The highest BCUT2D eigenvalue weighted by atomic mass is 32.1. The summed E-state index contributed by atoms with van der Waals surface area (Å²) < 4.78 is 8.99. The molecule has 0 aliphatic carbocycles. The van der Waals surface area contributed by atoms with Crippen molar-refractivity contribution in [2.75, 3.05) is 0 Å². The van der Waals surface area contributed by atoms with Crippen LogP contribution in [0.15, 0.2) is 162 Å². The summed E-state index contributed by atoms with van der Waals surface area (Å²) in [6, 6.07) is 55.6. The van der Waals surface area contributed by atoms with E-state index >= 15 is 0 Å². The number of para-hydroxylation sites is 1. The summed E-state index contributed by atoms with van der Waals surface area (Å²) in [5.41, 5.74) is 9.70. The molecular weight excluding hydrogens is 605 g/mol. The second kappa shape index (κ2) is 10.7. The summed E-state index contributed by atoms with van der Waals surface area (Å²) in [6.07, 6.45) is 0. The van der Waals surface area contributed by atoms with E-state index in [1.165, 1.54) is 36.5 Å². The number of hydrogen-bond donors (Lipinski definition) is 0. The standard InChI is InChI=1S/C44H26N2OS/c1-2-11-27(12-3-1)30-15-10-16-32(24-30)41-43-42(34-17-6-8-19-37(34)47-43)46-44(45-41)36-25-33(31-22-21-28-13-4-5-14-29(28)23-31)26-39-40(36)35-18-7-9-20-38(35)48-39/h1-26H. The molecule has 0 N–H and O–H groups in total. The summed E-state index contributed by atoms with van der Waals surface area (Å²) in [6.45, 7) is 0. The van der Waals surface area contributed by atoms with Gasteiger partial charge in [-0.15, -0.1) is 11.3 Å². The summed E-state index contributed by atoms with van der Waals surface area (Å²) >= 11 is 1.82. The van der Waals surface area contributed by atoms with Crippen LogP contribution in [0.1, 0.15) is 0 Å². The van der Waals surface area contributed by atoms with Gasteiger partial charge in [-0.25, -0.2) is 9.97 Å². The molecule has 3 heterocycles. The normalized spacial score (nSPS) is 11.8. The van der Waals surface area contributed by atoms with Crippen LogP contribution in [0.2, 0.25) is 0 Å². The van der Waals surface area contributed by atoms with Crippen molar-refractivity contribution in [3.8, 4) is 44.9 Å². The van der Waals surface area contributed by atoms with Gasteiger partial charge in [0.05, 0.1) is 0 Å². The van der Waals surface area contributed by atoms with Gasteiger partial charge in [-0.3, -0.25) is 0 Å². The molecule has 224 valence electrons. The molecule has 10 rings (SSSR count). The third-order valence-electron chi connectivity index (χ3n) is 9.27. The van der Waals surface area contributed by atoms with E-state index < -0.39 is 0 Å². The predicted molar refractivity (Wildman–Crippen MR) is 201 cm³/mol. The quantitative estimate of drug-likeness (QED) is 0.194. The second-order valence-electron chi connectivity index (χ2n) is 12.2. The molecule has 0 spiro atoms. The average molecular weight is 631 g/mol. The number of furan rings is 1. The van der Waals surface area contributed by atoms with Crippen LogP contribution in [0, 0.1) is 0 Å². The minimum absolute atomic E-state index is 0.686. The molecule has 0 radical (unpaired) electrons. The minimum Gasteiger partial charge on any atom is -0.452 e. The van der Waals surface area contributed by atoms with Crippen molar-refractivity contribution in [3.63, 3.8) is 0 Å². The first-order valence-electron chi connectivity index (χ1n) is 16.1. The molecule has 0 saturated carbocycles. The van der Waals surface area contributed by atoms with Crippen molar-refractivity contribution in [2.45, 2.75) is 0 Å². The number of nitrogens with zero attached hydrogens (tertiary/aromatic N) is 2. The van der Waals surface area contributed by atoms with Crippen molar-refractivity contribution in [1.82, 2.24) is 9.97 Å². The van der Waals surface area contributed by atoms with Gasteiger partial charge in [-0.2, -0.15) is 0 Å². The molecule has 0 amide bonds. The summed E-state index contributed by atoms with van der Waals surface area (Å²) in [5, 5.41) is 5.82. The summed E-state index contributed by atoms with van der Waals surface area (Å²) in [5.74, 6) is 0.686. The Morgan fingerprint density at radius 2 is 1.19 bits per heavy atom. The molecule has 10 aromatic rings. The van der Waals surface area contributed by atoms with Gasteiger partial charge in [0, 0.05) is 36.7 Å². The van der Waals surface area contributed by atoms with Gasteiger partial charge in [0.2, 0.25) is 0 Å². The number of rotatable bonds is 4. The first-order valence-corrected chi connectivity index (χ1v) is 16.9. The molecule has 7 aromatic carbocycles. The Balaban J connectivity index is 1.28. The van der Waals surface area contributed by atoms with Crippen molar-refractivity contribution in [2.24, 2.45) is 0 Å². The zero-order valence-corrected chi connectivity index (χ0v) is 26.5. The Morgan fingerprint density at radius 1 is 0.458 bits per heavy atom. The smallest absolute Gasteiger partial charge is 0.180 e. The molecular formula is C44H26N2OS. The number of benzene rings is 7. The van der Waals surface area contributed by atoms with Crippen LogP contribution in [0.25, 0.3) is 97.9 Å². The Kier molecular flexibility index (Phi) is 6.05. The molecule has 0 fully saturated rings. The predicted octanol–water partition coefficient (Wildman–Crippen LogP) is 12.6. The van der Waals surface area contributed by atoms with Crippen LogP contribution >= 0.6 is 11.3 Å². The third kappa shape index (κ3) is 4.34.